The Labute approximate surface area is 185 Å². The van der Waals surface area contributed by atoms with E-state index in [-0.39, 0.29) is 5.97 Å². The number of esters is 1. The fourth-order valence-electron chi connectivity index (χ4n) is 4.67. The summed E-state index contributed by atoms with van der Waals surface area (Å²) >= 11 is 0. The number of nitrogens with zero attached hydrogens (tertiary/aromatic N) is 4. The van der Waals surface area contributed by atoms with E-state index in [1.165, 1.54) is 42.1 Å². The maximum atomic E-state index is 12.0. The van der Waals surface area contributed by atoms with Crippen molar-refractivity contribution in [3.63, 3.8) is 0 Å². The number of carbonyl (C=O) groups excluding carboxylic acids is 1. The molecule has 0 spiro atoms. The van der Waals surface area contributed by atoms with Crippen molar-refractivity contribution in [1.29, 1.82) is 0 Å². The van der Waals surface area contributed by atoms with Crippen molar-refractivity contribution >= 4 is 39.8 Å². The molecule has 4 aromatic rings. The summed E-state index contributed by atoms with van der Waals surface area (Å²) < 4.78 is 7.34. The molecule has 1 aliphatic carbocycles. The number of aryl methyl sites for hydroxylation is 2. The van der Waals surface area contributed by atoms with Gasteiger partial charge in [0, 0.05) is 36.7 Å². The Morgan fingerprint density at radius 2 is 2.12 bits per heavy atom. The van der Waals surface area contributed by atoms with Crippen molar-refractivity contribution in [2.24, 2.45) is 0 Å². The molecule has 0 radical (unpaired) electrons. The van der Waals surface area contributed by atoms with Crippen LogP contribution >= 0.6 is 0 Å². The van der Waals surface area contributed by atoms with Gasteiger partial charge in [0.1, 0.15) is 5.52 Å². The van der Waals surface area contributed by atoms with Crippen LogP contribution in [0.25, 0.3) is 22.1 Å². The average molecular weight is 434 g/mol. The predicted octanol–water partition coefficient (Wildman–Crippen LogP) is 3.52. The molecule has 0 atom stereocenters. The molecule has 1 aliphatic rings. The standard InChI is InChI=1S/C23H27N7O2/c1-24-20-19-21(27-13-26-19)29-23(28-20)25-10-5-11-30-17-7-4-3-6-15(17)16-12-14(22(31)32-2)8-9-18(16)30/h8-9,12-13H,3-7,10-11H2,1-2H3,(H3,24,25,26,27,28,29). The van der Waals surface area contributed by atoms with E-state index >= 15 is 0 Å². The van der Waals surface area contributed by atoms with Gasteiger partial charge in [0.2, 0.25) is 5.95 Å². The van der Waals surface area contributed by atoms with E-state index in [1.807, 2.05) is 19.2 Å². The molecule has 0 fully saturated rings. The maximum absolute atomic E-state index is 12.0. The summed E-state index contributed by atoms with van der Waals surface area (Å²) in [7, 11) is 3.26. The highest BCUT2D eigenvalue weighted by Crippen LogP contribution is 2.33. The zero-order chi connectivity index (χ0) is 22.1. The lowest BCUT2D eigenvalue weighted by Gasteiger charge is -2.16. The number of imidazole rings is 1. The second-order valence-corrected chi connectivity index (χ2v) is 8.03. The van der Waals surface area contributed by atoms with E-state index in [9.17, 15) is 4.79 Å². The fraction of sp³-hybridized carbons (Fsp3) is 0.391. The summed E-state index contributed by atoms with van der Waals surface area (Å²) in [5.41, 5.74) is 6.03. The van der Waals surface area contributed by atoms with Crippen LogP contribution in [-0.4, -0.2) is 51.2 Å². The van der Waals surface area contributed by atoms with Gasteiger partial charge in [-0.1, -0.05) is 0 Å². The Morgan fingerprint density at radius 1 is 1.25 bits per heavy atom. The van der Waals surface area contributed by atoms with Crippen LogP contribution in [0, 0.1) is 0 Å². The highest BCUT2D eigenvalue weighted by atomic mass is 16.5. The highest BCUT2D eigenvalue weighted by Gasteiger charge is 2.21. The molecule has 32 heavy (non-hydrogen) atoms. The van der Waals surface area contributed by atoms with E-state index < -0.39 is 0 Å². The lowest BCUT2D eigenvalue weighted by atomic mass is 9.95. The number of fused-ring (bicyclic) bond motifs is 4. The number of aromatic nitrogens is 5. The third-order valence-corrected chi connectivity index (χ3v) is 6.16. The predicted molar refractivity (Wildman–Crippen MR) is 124 cm³/mol. The minimum atomic E-state index is -0.289. The molecule has 0 aliphatic heterocycles. The number of hydrogen-bond acceptors (Lipinski definition) is 7. The molecular formula is C23H27N7O2. The lowest BCUT2D eigenvalue weighted by Crippen LogP contribution is -2.13. The first-order valence-corrected chi connectivity index (χ1v) is 11.0. The van der Waals surface area contributed by atoms with Crippen LogP contribution in [0.5, 0.6) is 0 Å². The van der Waals surface area contributed by atoms with Gasteiger partial charge in [-0.05, 0) is 55.9 Å². The Hall–Kier alpha value is -3.62. The summed E-state index contributed by atoms with van der Waals surface area (Å²) in [6, 6.07) is 5.91. The molecule has 3 heterocycles. The van der Waals surface area contributed by atoms with Crippen molar-refractivity contribution in [3.05, 3.63) is 41.3 Å². The van der Waals surface area contributed by atoms with Crippen molar-refractivity contribution in [1.82, 2.24) is 24.5 Å². The van der Waals surface area contributed by atoms with Crippen molar-refractivity contribution < 1.29 is 9.53 Å². The lowest BCUT2D eigenvalue weighted by molar-refractivity contribution is 0.0601. The summed E-state index contributed by atoms with van der Waals surface area (Å²) in [5.74, 6) is 1.00. The zero-order valence-electron chi connectivity index (χ0n) is 18.4. The molecule has 0 saturated heterocycles. The van der Waals surface area contributed by atoms with Crippen LogP contribution in [0.4, 0.5) is 11.8 Å². The van der Waals surface area contributed by atoms with Crippen LogP contribution < -0.4 is 10.6 Å². The van der Waals surface area contributed by atoms with E-state index in [0.717, 1.165) is 43.7 Å². The van der Waals surface area contributed by atoms with E-state index in [0.29, 0.717) is 17.2 Å². The monoisotopic (exact) mass is 433 g/mol. The third kappa shape index (κ3) is 3.53. The van der Waals surface area contributed by atoms with Crippen LogP contribution in [0.2, 0.25) is 0 Å². The number of methoxy groups -OCH3 is 1. The van der Waals surface area contributed by atoms with Gasteiger partial charge in [-0.15, -0.1) is 0 Å². The second kappa shape index (κ2) is 8.49. The Balaban J connectivity index is 1.35. The Kier molecular flexibility index (Phi) is 5.38. The zero-order valence-corrected chi connectivity index (χ0v) is 18.4. The summed E-state index contributed by atoms with van der Waals surface area (Å²) in [6.07, 6.45) is 7.08. The van der Waals surface area contributed by atoms with Crippen molar-refractivity contribution in [2.45, 2.75) is 38.6 Å². The van der Waals surface area contributed by atoms with Crippen molar-refractivity contribution in [3.8, 4) is 0 Å². The number of H-pyrrole nitrogens is 1. The highest BCUT2D eigenvalue weighted by molar-refractivity contribution is 5.96. The Morgan fingerprint density at radius 3 is 2.97 bits per heavy atom. The number of rotatable bonds is 7. The first-order chi connectivity index (χ1) is 15.7. The van der Waals surface area contributed by atoms with Gasteiger partial charge in [0.05, 0.1) is 19.0 Å². The van der Waals surface area contributed by atoms with E-state index in [2.05, 4.69) is 41.2 Å². The first-order valence-electron chi connectivity index (χ1n) is 11.0. The van der Waals surface area contributed by atoms with E-state index in [1.54, 1.807) is 6.33 Å². The number of hydrogen-bond donors (Lipinski definition) is 3. The molecule has 3 N–H and O–H groups in total. The van der Waals surface area contributed by atoms with Gasteiger partial charge in [-0.2, -0.15) is 9.97 Å². The molecule has 0 unspecified atom stereocenters. The molecule has 3 aromatic heterocycles. The molecule has 5 rings (SSSR count). The number of nitrogens with one attached hydrogen (secondary N) is 3. The number of benzene rings is 1. The van der Waals surface area contributed by atoms with Gasteiger partial charge in [0.25, 0.3) is 0 Å². The average Bonchev–Trinajstić information content (AvgIpc) is 3.43. The van der Waals surface area contributed by atoms with Gasteiger partial charge < -0.3 is 24.9 Å². The first kappa shape index (κ1) is 20.3. The molecular weight excluding hydrogens is 406 g/mol. The molecule has 9 heteroatoms. The second-order valence-electron chi connectivity index (χ2n) is 8.03. The smallest absolute Gasteiger partial charge is 0.337 e. The normalized spacial score (nSPS) is 13.3. The molecule has 9 nitrogen and oxygen atoms in total. The molecule has 0 bridgehead atoms. The minimum absolute atomic E-state index is 0.289. The molecule has 1 aromatic carbocycles. The van der Waals surface area contributed by atoms with E-state index in [4.69, 9.17) is 4.74 Å². The number of ether oxygens (including phenoxy) is 1. The van der Waals surface area contributed by atoms with Gasteiger partial charge >= 0.3 is 5.97 Å². The SMILES string of the molecule is CNc1nc(NCCCn2c3c(c4cc(C(=O)OC)ccc42)CCCC3)nc2nc[nH]c12. The summed E-state index contributed by atoms with van der Waals surface area (Å²) in [4.78, 5) is 28.3. The van der Waals surface area contributed by atoms with Gasteiger partial charge in [-0.3, -0.25) is 0 Å². The topological polar surface area (TPSA) is 110 Å². The fourth-order valence-corrected chi connectivity index (χ4v) is 4.67. The van der Waals surface area contributed by atoms with Crippen LogP contribution in [-0.2, 0) is 24.1 Å². The van der Waals surface area contributed by atoms with Crippen LogP contribution in [0.15, 0.2) is 24.5 Å². The summed E-state index contributed by atoms with van der Waals surface area (Å²) in [5, 5.41) is 7.60. The van der Waals surface area contributed by atoms with Crippen LogP contribution in [0.3, 0.4) is 0 Å². The van der Waals surface area contributed by atoms with Crippen LogP contribution in [0.1, 0.15) is 40.9 Å². The molecule has 166 valence electrons. The third-order valence-electron chi connectivity index (χ3n) is 6.16. The largest absolute Gasteiger partial charge is 0.465 e. The quantitative estimate of drug-likeness (QED) is 0.302. The summed E-state index contributed by atoms with van der Waals surface area (Å²) in [6.45, 7) is 1.63. The Bertz CT molecular complexity index is 1290. The van der Waals surface area contributed by atoms with Gasteiger partial charge in [0.15, 0.2) is 11.5 Å². The maximum Gasteiger partial charge on any atom is 0.337 e. The number of aromatic amines is 1. The number of anilines is 2. The minimum Gasteiger partial charge on any atom is -0.465 e. The molecule has 0 amide bonds. The molecule has 0 saturated carbocycles. The van der Waals surface area contributed by atoms with Crippen molar-refractivity contribution in [2.75, 3.05) is 31.3 Å². The van der Waals surface area contributed by atoms with Gasteiger partial charge in [-0.25, -0.2) is 9.78 Å². The number of carbonyl (C=O) groups is 1.